The molecule has 4 heterocycles. The summed E-state index contributed by atoms with van der Waals surface area (Å²) >= 11 is 3.73. The van der Waals surface area contributed by atoms with Gasteiger partial charge in [0.15, 0.2) is 0 Å². The number of rotatable bonds is 16. The minimum absolute atomic E-state index is 0.519. The van der Waals surface area contributed by atoms with Gasteiger partial charge in [0.2, 0.25) is 0 Å². The molecule has 0 amide bonds. The first kappa shape index (κ1) is 82.0. The van der Waals surface area contributed by atoms with Crippen LogP contribution in [0, 0.1) is 0 Å². The number of thiophene rings is 2. The molecular weight excluding hydrogens is 1730 g/mol. The van der Waals surface area contributed by atoms with Gasteiger partial charge in [-0.1, -0.05) is 400 Å². The molecule has 0 N–H and O–H groups in total. The molecule has 4 nitrogen and oxygen atoms in total. The topological polar surface area (TPSA) is 32.8 Å². The van der Waals surface area contributed by atoms with Crippen molar-refractivity contribution in [3.8, 4) is 89.0 Å². The van der Waals surface area contributed by atoms with E-state index in [0.717, 1.165) is 117 Å². The van der Waals surface area contributed by atoms with Crippen molar-refractivity contribution in [2.45, 2.75) is 10.8 Å². The number of para-hydroxylation sites is 3. The third-order valence-electron chi connectivity index (χ3n) is 29.1. The van der Waals surface area contributed by atoms with Crippen molar-refractivity contribution in [2.24, 2.45) is 0 Å². The molecule has 0 saturated carbocycles. The summed E-state index contributed by atoms with van der Waals surface area (Å²) in [6, 6.07) is 191. The average molecular weight is 1820 g/mol. The summed E-state index contributed by atoms with van der Waals surface area (Å²) in [6.07, 6.45) is 0. The van der Waals surface area contributed by atoms with Crippen LogP contribution in [0.2, 0.25) is 0 Å². The van der Waals surface area contributed by atoms with Gasteiger partial charge in [0.1, 0.15) is 22.3 Å². The van der Waals surface area contributed by atoms with Crippen LogP contribution >= 0.6 is 22.7 Å². The van der Waals surface area contributed by atoms with E-state index in [0.29, 0.717) is 0 Å². The molecule has 0 saturated heterocycles. The Balaban J connectivity index is 0.000000141. The first-order valence-electron chi connectivity index (χ1n) is 48.0. The minimum atomic E-state index is -0.521. The first-order chi connectivity index (χ1) is 69.4. The van der Waals surface area contributed by atoms with Crippen molar-refractivity contribution >= 4 is 141 Å². The molecule has 0 bridgehead atoms. The largest absolute Gasteiger partial charge is 0.456 e. The normalized spacial score (nSPS) is 12.7. The summed E-state index contributed by atoms with van der Waals surface area (Å²) in [5.41, 5.74) is 38.2. The Morgan fingerprint density at radius 3 is 0.929 bits per heavy atom. The fourth-order valence-electron chi connectivity index (χ4n) is 22.8. The van der Waals surface area contributed by atoms with Gasteiger partial charge in [-0.3, -0.25) is 0 Å². The second-order valence-corrected chi connectivity index (χ2v) is 38.9. The van der Waals surface area contributed by atoms with E-state index in [1.165, 1.54) is 135 Å². The van der Waals surface area contributed by atoms with Gasteiger partial charge in [-0.15, -0.1) is 22.7 Å². The second kappa shape index (κ2) is 33.8. The summed E-state index contributed by atoms with van der Waals surface area (Å²) in [5, 5.41) is 9.80. The number of nitrogens with zero attached hydrogens (tertiary/aromatic N) is 2. The molecule has 140 heavy (non-hydrogen) atoms. The van der Waals surface area contributed by atoms with Crippen molar-refractivity contribution in [1.82, 2.24) is 0 Å². The van der Waals surface area contributed by atoms with Crippen molar-refractivity contribution in [1.29, 1.82) is 0 Å². The predicted molar refractivity (Wildman–Crippen MR) is 590 cm³/mol. The molecule has 0 spiro atoms. The average Bonchev–Trinajstić information content (AvgIpc) is 1.53. The minimum Gasteiger partial charge on any atom is -0.456 e. The summed E-state index contributed by atoms with van der Waals surface area (Å²) in [5.74, 6) is 0. The van der Waals surface area contributed by atoms with Crippen LogP contribution in [0.15, 0.2) is 531 Å². The van der Waals surface area contributed by atoms with E-state index in [2.05, 4.69) is 507 Å². The van der Waals surface area contributed by atoms with Crippen molar-refractivity contribution in [3.05, 3.63) is 566 Å². The molecule has 656 valence electrons. The van der Waals surface area contributed by atoms with Gasteiger partial charge in [0.05, 0.1) is 22.2 Å². The Morgan fingerprint density at radius 1 is 0.171 bits per heavy atom. The van der Waals surface area contributed by atoms with Crippen LogP contribution in [0.1, 0.15) is 44.5 Å². The molecule has 6 heteroatoms. The monoisotopic (exact) mass is 1820 g/mol. The van der Waals surface area contributed by atoms with Crippen molar-refractivity contribution in [2.75, 3.05) is 9.80 Å². The highest BCUT2D eigenvalue weighted by Gasteiger charge is 2.49. The van der Waals surface area contributed by atoms with E-state index in [9.17, 15) is 0 Å². The maximum atomic E-state index is 6.48. The van der Waals surface area contributed by atoms with Gasteiger partial charge < -0.3 is 18.6 Å². The van der Waals surface area contributed by atoms with Crippen LogP contribution in [0.25, 0.3) is 173 Å². The van der Waals surface area contributed by atoms with E-state index in [4.69, 9.17) is 8.83 Å². The number of furan rings is 2. The maximum Gasteiger partial charge on any atom is 0.143 e. The van der Waals surface area contributed by atoms with E-state index in [1.54, 1.807) is 0 Å². The molecular formula is C134H86N2O2S2. The highest BCUT2D eigenvalue weighted by Crippen LogP contribution is 2.63. The molecule has 0 radical (unpaired) electrons. The smallest absolute Gasteiger partial charge is 0.143 e. The number of hydrogen-bond donors (Lipinski definition) is 0. The van der Waals surface area contributed by atoms with Gasteiger partial charge in [0.25, 0.3) is 0 Å². The standard InChI is InChI=1S/2C67H43NOS/c1-3-18-49(19-4-1)67(50-20-5-2-6-21-50)59-27-10-7-24-58(59)65-60(67)28-15-29-61(65)68(52-39-34-45(35-40-52)47-36-41-56-55-23-9-12-31-63(55)70-64(56)43-47)51-37-32-44(33-38-51)46-16-13-17-48(42-46)53-25-14-26-57-54-22-8-11-30-62(54)69-66(53)57;1-3-17-50(18-4-1)67(51-19-5-2-6-20-51)59-24-10-7-23-57(59)66-60(67)25-14-26-61(66)68(53-37-31-45(32-38-53)49-33-39-56-55-22-9-12-28-64(55)70-65(56)43-49)52-35-29-44(30-36-52)46-15-13-16-47(41-46)48-34-40-63-58(42-48)54-21-8-11-27-62(54)69-63/h2*1-43H. The Kier molecular flexibility index (Phi) is 19.8. The van der Waals surface area contributed by atoms with Gasteiger partial charge in [-0.25, -0.2) is 0 Å². The Labute approximate surface area is 819 Å². The third kappa shape index (κ3) is 13.5. The zero-order valence-electron chi connectivity index (χ0n) is 76.2. The molecule has 0 atom stereocenters. The lowest BCUT2D eigenvalue weighted by atomic mass is 9.68. The molecule has 0 fully saturated rings. The van der Waals surface area contributed by atoms with Crippen LogP contribution < -0.4 is 9.80 Å². The summed E-state index contributed by atoms with van der Waals surface area (Å²) in [7, 11) is 0. The SMILES string of the molecule is c1ccc(C2(c3ccccc3)c3ccccc3-c3c(N(c4ccc(-c5cccc(-c6ccc7oc8ccccc8c7c6)c5)cc4)c4ccc(-c5ccc6c(c5)sc5ccccc56)cc4)cccc32)cc1.c1ccc(C2(c3ccccc3)c3ccccc3-c3c(N(c4ccc(-c5cccc(-c6cccc7c6oc6ccccc67)c5)cc4)c4ccc(-c5ccc6c(c5)sc5ccccc56)cc4)cccc32)cc1. The first-order valence-corrected chi connectivity index (χ1v) is 49.6. The van der Waals surface area contributed by atoms with Crippen LogP contribution in [0.3, 0.4) is 0 Å². The number of fused-ring (bicyclic) bond motifs is 18. The molecule has 0 unspecified atom stereocenters. The van der Waals surface area contributed by atoms with E-state index < -0.39 is 10.8 Å². The second-order valence-electron chi connectivity index (χ2n) is 36.7. The Bertz CT molecular complexity index is 9210. The van der Waals surface area contributed by atoms with Crippen molar-refractivity contribution < 1.29 is 8.83 Å². The predicted octanol–water partition coefficient (Wildman–Crippen LogP) is 37.6. The third-order valence-corrected chi connectivity index (χ3v) is 31.4. The molecule has 22 aromatic carbocycles. The number of anilines is 6. The zero-order valence-corrected chi connectivity index (χ0v) is 77.8. The lowest BCUT2D eigenvalue weighted by Gasteiger charge is -2.34. The molecule has 26 aromatic rings. The van der Waals surface area contributed by atoms with Crippen LogP contribution in [-0.2, 0) is 10.8 Å². The van der Waals surface area contributed by atoms with Crippen LogP contribution in [0.5, 0.6) is 0 Å². The number of hydrogen-bond acceptors (Lipinski definition) is 6. The van der Waals surface area contributed by atoms with Gasteiger partial charge in [-0.2, -0.15) is 0 Å². The molecule has 0 aliphatic heterocycles. The lowest BCUT2D eigenvalue weighted by molar-refractivity contribution is 0.669. The van der Waals surface area contributed by atoms with Gasteiger partial charge in [0, 0.05) is 101 Å². The molecule has 28 rings (SSSR count). The number of benzene rings is 22. The van der Waals surface area contributed by atoms with Crippen molar-refractivity contribution in [3.63, 3.8) is 0 Å². The lowest BCUT2D eigenvalue weighted by Crippen LogP contribution is -2.28. The van der Waals surface area contributed by atoms with E-state index in [-0.39, 0.29) is 0 Å². The summed E-state index contributed by atoms with van der Waals surface area (Å²) in [6.45, 7) is 0. The van der Waals surface area contributed by atoms with Gasteiger partial charge in [-0.05, 0) is 238 Å². The highest BCUT2D eigenvalue weighted by atomic mass is 32.1. The fourth-order valence-corrected chi connectivity index (χ4v) is 25.1. The maximum absolute atomic E-state index is 6.48. The zero-order chi connectivity index (χ0) is 92.4. The molecule has 2 aliphatic rings. The molecule has 4 aromatic heterocycles. The quantitative estimate of drug-likeness (QED) is 0.0965. The summed E-state index contributed by atoms with van der Waals surface area (Å²) < 4.78 is 17.9. The molecule has 2 aliphatic carbocycles. The Morgan fingerprint density at radius 2 is 0.471 bits per heavy atom. The van der Waals surface area contributed by atoms with Crippen LogP contribution in [0.4, 0.5) is 34.1 Å². The Hall–Kier alpha value is -17.5. The van der Waals surface area contributed by atoms with Crippen LogP contribution in [-0.4, -0.2) is 0 Å². The van der Waals surface area contributed by atoms with E-state index >= 15 is 0 Å². The summed E-state index contributed by atoms with van der Waals surface area (Å²) in [4.78, 5) is 4.93. The van der Waals surface area contributed by atoms with E-state index in [1.807, 2.05) is 46.9 Å². The van der Waals surface area contributed by atoms with Gasteiger partial charge >= 0.3 is 0 Å². The highest BCUT2D eigenvalue weighted by molar-refractivity contribution is 7.26. The fraction of sp³-hybridized carbons (Fsp3) is 0.0149.